The summed E-state index contributed by atoms with van der Waals surface area (Å²) in [5.41, 5.74) is 3.10. The molecule has 23 heavy (non-hydrogen) atoms. The van der Waals surface area contributed by atoms with E-state index in [2.05, 4.69) is 15.6 Å². The molecule has 0 aliphatic carbocycles. The van der Waals surface area contributed by atoms with Crippen LogP contribution >= 0.6 is 0 Å². The van der Waals surface area contributed by atoms with Gasteiger partial charge in [0.05, 0.1) is 6.20 Å². The van der Waals surface area contributed by atoms with Crippen molar-refractivity contribution >= 4 is 23.1 Å². The Morgan fingerprint density at radius 3 is 2.74 bits per heavy atom. The Labute approximate surface area is 133 Å². The van der Waals surface area contributed by atoms with E-state index < -0.39 is 0 Å². The maximum Gasteiger partial charge on any atom is 0.274 e. The van der Waals surface area contributed by atoms with Crippen LogP contribution in [0.15, 0.2) is 48.8 Å². The number of amides is 2. The summed E-state index contributed by atoms with van der Waals surface area (Å²) in [5.74, 6) is -0.476. The topological polar surface area (TPSA) is 75.5 Å². The van der Waals surface area contributed by atoms with Gasteiger partial charge in [-0.3, -0.25) is 14.0 Å². The van der Waals surface area contributed by atoms with Crippen LogP contribution in [0, 0.1) is 6.92 Å². The lowest BCUT2D eigenvalue weighted by Gasteiger charge is -2.10. The summed E-state index contributed by atoms with van der Waals surface area (Å²) in [7, 11) is 1.57. The first-order chi connectivity index (χ1) is 11.1. The van der Waals surface area contributed by atoms with Crippen molar-refractivity contribution in [2.24, 2.45) is 0 Å². The number of rotatable bonds is 3. The van der Waals surface area contributed by atoms with Gasteiger partial charge >= 0.3 is 0 Å². The molecule has 3 rings (SSSR count). The molecule has 0 aliphatic heterocycles. The number of nitrogens with one attached hydrogen (secondary N) is 2. The molecule has 0 saturated carbocycles. The zero-order valence-corrected chi connectivity index (χ0v) is 12.8. The van der Waals surface area contributed by atoms with Crippen molar-refractivity contribution in [3.8, 4) is 0 Å². The first-order valence-electron chi connectivity index (χ1n) is 7.16. The maximum absolute atomic E-state index is 12.5. The smallest absolute Gasteiger partial charge is 0.274 e. The Morgan fingerprint density at radius 2 is 1.96 bits per heavy atom. The molecule has 2 aromatic heterocycles. The van der Waals surface area contributed by atoms with E-state index >= 15 is 0 Å². The zero-order chi connectivity index (χ0) is 16.4. The highest BCUT2D eigenvalue weighted by atomic mass is 16.2. The van der Waals surface area contributed by atoms with Crippen LogP contribution < -0.4 is 10.6 Å². The van der Waals surface area contributed by atoms with Crippen molar-refractivity contribution in [1.82, 2.24) is 14.7 Å². The van der Waals surface area contributed by atoms with Crippen molar-refractivity contribution in [2.75, 3.05) is 12.4 Å². The minimum absolute atomic E-state index is 0.199. The minimum Gasteiger partial charge on any atom is -0.355 e. The Hall–Kier alpha value is -3.15. The lowest BCUT2D eigenvalue weighted by atomic mass is 10.1. The van der Waals surface area contributed by atoms with E-state index in [9.17, 15) is 9.59 Å². The van der Waals surface area contributed by atoms with E-state index in [1.165, 1.54) is 6.20 Å². The van der Waals surface area contributed by atoms with Gasteiger partial charge in [0, 0.05) is 24.5 Å². The SMILES string of the molecule is CNC(=O)c1ccc(C)c(NC(=O)c2cnc3ccccn23)c1. The number of aromatic nitrogens is 2. The second kappa shape index (κ2) is 5.92. The van der Waals surface area contributed by atoms with Crippen LogP contribution in [0.2, 0.25) is 0 Å². The second-order valence-electron chi connectivity index (χ2n) is 5.14. The molecule has 116 valence electrons. The summed E-state index contributed by atoms with van der Waals surface area (Å²) >= 11 is 0. The van der Waals surface area contributed by atoms with Crippen LogP contribution in [0.5, 0.6) is 0 Å². The van der Waals surface area contributed by atoms with Gasteiger partial charge < -0.3 is 10.6 Å². The summed E-state index contributed by atoms with van der Waals surface area (Å²) in [5, 5.41) is 5.41. The first kappa shape index (κ1) is 14.8. The molecule has 3 aromatic rings. The van der Waals surface area contributed by atoms with Crippen LogP contribution in [-0.4, -0.2) is 28.2 Å². The summed E-state index contributed by atoms with van der Waals surface area (Å²) < 4.78 is 1.72. The van der Waals surface area contributed by atoms with Crippen molar-refractivity contribution in [2.45, 2.75) is 6.92 Å². The van der Waals surface area contributed by atoms with Gasteiger partial charge in [-0.15, -0.1) is 0 Å². The summed E-state index contributed by atoms with van der Waals surface area (Å²) in [6, 6.07) is 10.7. The van der Waals surface area contributed by atoms with Gasteiger partial charge in [-0.05, 0) is 36.8 Å². The molecule has 2 heterocycles. The van der Waals surface area contributed by atoms with Gasteiger partial charge in [0.25, 0.3) is 11.8 Å². The Bertz CT molecular complexity index is 898. The standard InChI is InChI=1S/C17H16N4O2/c1-11-6-7-12(16(22)18-2)9-13(11)20-17(23)14-10-19-15-5-3-4-8-21(14)15/h3-10H,1-2H3,(H,18,22)(H,20,23). The molecule has 2 amide bonds. The van der Waals surface area contributed by atoms with Crippen molar-refractivity contribution < 1.29 is 9.59 Å². The summed E-state index contributed by atoms with van der Waals surface area (Å²) in [6.45, 7) is 1.87. The highest BCUT2D eigenvalue weighted by molar-refractivity contribution is 6.05. The van der Waals surface area contributed by atoms with Gasteiger partial charge in [-0.2, -0.15) is 0 Å². The predicted molar refractivity (Wildman–Crippen MR) is 87.7 cm³/mol. The quantitative estimate of drug-likeness (QED) is 0.779. The number of hydrogen-bond donors (Lipinski definition) is 2. The van der Waals surface area contributed by atoms with Gasteiger partial charge in [-0.1, -0.05) is 12.1 Å². The number of fused-ring (bicyclic) bond motifs is 1. The number of benzene rings is 1. The number of nitrogens with zero attached hydrogens (tertiary/aromatic N) is 2. The van der Waals surface area contributed by atoms with Crippen LogP contribution in [0.25, 0.3) is 5.65 Å². The number of hydrogen-bond acceptors (Lipinski definition) is 3. The third-order valence-corrected chi connectivity index (χ3v) is 3.62. The number of anilines is 1. The number of pyridine rings is 1. The van der Waals surface area contributed by atoms with Gasteiger partial charge in [0.1, 0.15) is 11.3 Å². The average Bonchev–Trinajstić information content (AvgIpc) is 3.00. The van der Waals surface area contributed by atoms with E-state index in [4.69, 9.17) is 0 Å². The lowest BCUT2D eigenvalue weighted by molar-refractivity contribution is 0.0961. The highest BCUT2D eigenvalue weighted by Gasteiger charge is 2.14. The minimum atomic E-state index is -0.277. The number of aryl methyl sites for hydroxylation is 1. The number of imidazole rings is 1. The van der Waals surface area contributed by atoms with Crippen LogP contribution in [-0.2, 0) is 0 Å². The number of carbonyl (C=O) groups excluding carboxylic acids is 2. The van der Waals surface area contributed by atoms with E-state index in [-0.39, 0.29) is 11.8 Å². The van der Waals surface area contributed by atoms with Crippen molar-refractivity contribution in [1.29, 1.82) is 0 Å². The van der Waals surface area contributed by atoms with Gasteiger partial charge in [-0.25, -0.2) is 4.98 Å². The molecule has 6 heteroatoms. The summed E-state index contributed by atoms with van der Waals surface area (Å²) in [6.07, 6.45) is 3.31. The fourth-order valence-electron chi connectivity index (χ4n) is 2.33. The third kappa shape index (κ3) is 2.78. The van der Waals surface area contributed by atoms with Crippen LogP contribution in [0.1, 0.15) is 26.4 Å². The summed E-state index contributed by atoms with van der Waals surface area (Å²) in [4.78, 5) is 28.4. The largest absolute Gasteiger partial charge is 0.355 e. The average molecular weight is 308 g/mol. The van der Waals surface area contributed by atoms with Gasteiger partial charge in [0.15, 0.2) is 0 Å². The molecule has 0 atom stereocenters. The van der Waals surface area contributed by atoms with Crippen molar-refractivity contribution in [3.63, 3.8) is 0 Å². The van der Waals surface area contributed by atoms with Crippen molar-refractivity contribution in [3.05, 3.63) is 65.6 Å². The van der Waals surface area contributed by atoms with E-state index in [1.807, 2.05) is 25.1 Å². The monoisotopic (exact) mass is 308 g/mol. The molecular weight excluding hydrogens is 292 g/mol. The molecule has 0 saturated heterocycles. The molecule has 1 aromatic carbocycles. The van der Waals surface area contributed by atoms with Gasteiger partial charge in [0.2, 0.25) is 0 Å². The third-order valence-electron chi connectivity index (χ3n) is 3.62. The molecule has 0 bridgehead atoms. The van der Waals surface area contributed by atoms with E-state index in [1.54, 1.807) is 35.8 Å². The molecule has 0 radical (unpaired) electrons. The molecule has 0 spiro atoms. The second-order valence-corrected chi connectivity index (χ2v) is 5.14. The Morgan fingerprint density at radius 1 is 1.13 bits per heavy atom. The normalized spacial score (nSPS) is 10.5. The fourth-order valence-corrected chi connectivity index (χ4v) is 2.33. The first-order valence-corrected chi connectivity index (χ1v) is 7.16. The predicted octanol–water partition coefficient (Wildman–Crippen LogP) is 2.25. The Kier molecular flexibility index (Phi) is 3.80. The Balaban J connectivity index is 1.92. The molecular formula is C17H16N4O2. The van der Waals surface area contributed by atoms with E-state index in [0.717, 1.165) is 5.56 Å². The molecule has 2 N–H and O–H groups in total. The molecule has 0 aliphatic rings. The highest BCUT2D eigenvalue weighted by Crippen LogP contribution is 2.18. The maximum atomic E-state index is 12.5. The van der Waals surface area contributed by atoms with Crippen LogP contribution in [0.3, 0.4) is 0 Å². The zero-order valence-electron chi connectivity index (χ0n) is 12.8. The molecule has 0 fully saturated rings. The fraction of sp³-hybridized carbons (Fsp3) is 0.118. The number of carbonyl (C=O) groups is 2. The van der Waals surface area contributed by atoms with Crippen LogP contribution in [0.4, 0.5) is 5.69 Å². The lowest BCUT2D eigenvalue weighted by Crippen LogP contribution is -2.19. The van der Waals surface area contributed by atoms with E-state index in [0.29, 0.717) is 22.6 Å². The molecule has 0 unspecified atom stereocenters. The molecule has 6 nitrogen and oxygen atoms in total.